The molecule has 0 spiro atoms. The molecule has 0 fully saturated rings. The fraction of sp³-hybridized carbons (Fsp3) is 0.364. The molecule has 8 heteroatoms. The Labute approximate surface area is 180 Å². The molecule has 0 saturated heterocycles. The first kappa shape index (κ1) is 21.9. The molecule has 1 N–H and O–H groups in total. The van der Waals surface area contributed by atoms with Crippen molar-refractivity contribution in [1.82, 2.24) is 25.2 Å². The van der Waals surface area contributed by atoms with Crippen molar-refractivity contribution in [2.75, 3.05) is 19.6 Å². The van der Waals surface area contributed by atoms with Crippen LogP contribution in [0.25, 0.3) is 10.9 Å². The third-order valence-corrected chi connectivity index (χ3v) is 5.53. The van der Waals surface area contributed by atoms with Crippen LogP contribution in [-0.4, -0.2) is 45.4 Å². The number of hydrogen-bond acceptors (Lipinski definition) is 5. The number of amides is 1. The molecule has 7 nitrogen and oxygen atoms in total. The number of nitrogens with zero attached hydrogens (tertiary/aromatic N) is 4. The Morgan fingerprint density at radius 3 is 2.57 bits per heavy atom. The van der Waals surface area contributed by atoms with Crippen LogP contribution in [0.15, 0.2) is 53.3 Å². The van der Waals surface area contributed by atoms with E-state index in [0.717, 1.165) is 18.7 Å². The van der Waals surface area contributed by atoms with Gasteiger partial charge < -0.3 is 5.32 Å². The Balaban J connectivity index is 1.65. The maximum atomic E-state index is 12.5. The van der Waals surface area contributed by atoms with Gasteiger partial charge in [-0.25, -0.2) is 4.68 Å². The van der Waals surface area contributed by atoms with Gasteiger partial charge in [0.05, 0.1) is 18.0 Å². The Kier molecular flexibility index (Phi) is 7.54. The number of aromatic nitrogens is 3. The van der Waals surface area contributed by atoms with E-state index < -0.39 is 0 Å². The molecular weight excluding hydrogens is 402 g/mol. The third kappa shape index (κ3) is 5.04. The highest BCUT2D eigenvalue weighted by Gasteiger charge is 2.21. The van der Waals surface area contributed by atoms with Gasteiger partial charge in [-0.2, -0.15) is 0 Å². The molecule has 1 atom stereocenters. The van der Waals surface area contributed by atoms with Gasteiger partial charge in [-0.15, -0.1) is 5.10 Å². The lowest BCUT2D eigenvalue weighted by Gasteiger charge is -2.31. The zero-order valence-electron chi connectivity index (χ0n) is 17.2. The van der Waals surface area contributed by atoms with Gasteiger partial charge in [0, 0.05) is 18.0 Å². The number of aryl methyl sites for hydroxylation is 1. The number of fused-ring (bicyclic) bond motifs is 1. The summed E-state index contributed by atoms with van der Waals surface area (Å²) in [5.41, 5.74) is 1.29. The van der Waals surface area contributed by atoms with Gasteiger partial charge >= 0.3 is 0 Å². The number of carbonyl (C=O) groups is 1. The zero-order chi connectivity index (χ0) is 21.5. The number of nitrogens with one attached hydrogen (secondary N) is 1. The van der Waals surface area contributed by atoms with Gasteiger partial charge in [-0.1, -0.05) is 61.0 Å². The molecule has 1 heterocycles. The van der Waals surface area contributed by atoms with Crippen LogP contribution in [-0.2, 0) is 11.3 Å². The van der Waals surface area contributed by atoms with Crippen LogP contribution in [0.2, 0.25) is 5.02 Å². The minimum atomic E-state index is -0.245. The second kappa shape index (κ2) is 10.3. The molecule has 30 heavy (non-hydrogen) atoms. The summed E-state index contributed by atoms with van der Waals surface area (Å²) in [7, 11) is 0. The maximum absolute atomic E-state index is 12.5. The van der Waals surface area contributed by atoms with Crippen LogP contribution in [0.5, 0.6) is 0 Å². The second-order valence-electron chi connectivity index (χ2n) is 6.95. The van der Waals surface area contributed by atoms with Crippen molar-refractivity contribution in [3.63, 3.8) is 0 Å². The lowest BCUT2D eigenvalue weighted by Crippen LogP contribution is -2.38. The van der Waals surface area contributed by atoms with Gasteiger partial charge in [0.1, 0.15) is 5.52 Å². The van der Waals surface area contributed by atoms with E-state index in [1.54, 1.807) is 24.3 Å². The number of likely N-dealkylation sites (N-methyl/N-ethyl adjacent to an activating group) is 1. The predicted octanol–water partition coefficient (Wildman–Crippen LogP) is 3.03. The highest BCUT2D eigenvalue weighted by atomic mass is 35.5. The standard InChI is InChI=1S/C22H26ClN5O2/c1-3-27(4-2)20(16-9-5-7-11-18(16)23)15-24-21(29)13-14-28-22(30)17-10-6-8-12-19(17)25-26-28/h5-12,20H,3-4,13-15H2,1-2H3,(H,24,29). The van der Waals surface area contributed by atoms with E-state index in [1.165, 1.54) is 4.68 Å². The largest absolute Gasteiger partial charge is 0.354 e. The minimum absolute atomic E-state index is 0.0270. The van der Waals surface area contributed by atoms with Gasteiger partial charge in [0.2, 0.25) is 5.91 Å². The number of rotatable bonds is 9. The van der Waals surface area contributed by atoms with Gasteiger partial charge in [-0.05, 0) is 36.9 Å². The molecule has 1 aromatic heterocycles. The average Bonchev–Trinajstić information content (AvgIpc) is 2.77. The van der Waals surface area contributed by atoms with Crippen molar-refractivity contribution in [3.8, 4) is 0 Å². The Morgan fingerprint density at radius 2 is 1.83 bits per heavy atom. The van der Waals surface area contributed by atoms with E-state index in [-0.39, 0.29) is 30.5 Å². The van der Waals surface area contributed by atoms with Crippen molar-refractivity contribution in [2.45, 2.75) is 32.9 Å². The van der Waals surface area contributed by atoms with E-state index in [2.05, 4.69) is 34.4 Å². The molecule has 1 amide bonds. The first-order valence-corrected chi connectivity index (χ1v) is 10.5. The molecule has 0 bridgehead atoms. The number of hydrogen-bond donors (Lipinski definition) is 1. The van der Waals surface area contributed by atoms with Gasteiger partial charge in [0.15, 0.2) is 0 Å². The third-order valence-electron chi connectivity index (χ3n) is 5.19. The first-order valence-electron chi connectivity index (χ1n) is 10.1. The minimum Gasteiger partial charge on any atom is -0.354 e. The van der Waals surface area contributed by atoms with Crippen LogP contribution in [0.1, 0.15) is 31.9 Å². The highest BCUT2D eigenvalue weighted by molar-refractivity contribution is 6.31. The molecule has 3 aromatic rings. The lowest BCUT2D eigenvalue weighted by molar-refractivity contribution is -0.121. The monoisotopic (exact) mass is 427 g/mol. The molecular formula is C22H26ClN5O2. The van der Waals surface area contributed by atoms with Crippen molar-refractivity contribution in [1.29, 1.82) is 0 Å². The summed E-state index contributed by atoms with van der Waals surface area (Å²) in [6.07, 6.45) is 0.139. The van der Waals surface area contributed by atoms with E-state index >= 15 is 0 Å². The first-order chi connectivity index (χ1) is 14.5. The topological polar surface area (TPSA) is 80.1 Å². The fourth-order valence-electron chi connectivity index (χ4n) is 3.52. The molecule has 0 radical (unpaired) electrons. The van der Waals surface area contributed by atoms with Crippen molar-refractivity contribution in [3.05, 3.63) is 69.5 Å². The number of carbonyl (C=O) groups excluding carboxylic acids is 1. The van der Waals surface area contributed by atoms with Crippen molar-refractivity contribution in [2.24, 2.45) is 0 Å². The molecule has 1 unspecified atom stereocenters. The molecule has 3 rings (SSSR count). The maximum Gasteiger partial charge on any atom is 0.277 e. The summed E-state index contributed by atoms with van der Waals surface area (Å²) >= 11 is 6.41. The second-order valence-corrected chi connectivity index (χ2v) is 7.35. The van der Waals surface area contributed by atoms with Crippen LogP contribution in [0, 0.1) is 0 Å². The summed E-state index contributed by atoms with van der Waals surface area (Å²) in [5, 5.41) is 12.1. The quantitative estimate of drug-likeness (QED) is 0.567. The molecule has 0 aliphatic rings. The molecule has 0 aliphatic heterocycles. The fourth-order valence-corrected chi connectivity index (χ4v) is 3.78. The molecule has 0 saturated carbocycles. The zero-order valence-corrected chi connectivity index (χ0v) is 18.0. The van der Waals surface area contributed by atoms with E-state index in [1.807, 2.05) is 24.3 Å². The molecule has 2 aromatic carbocycles. The summed E-state index contributed by atoms with van der Waals surface area (Å²) < 4.78 is 1.23. The normalized spacial score (nSPS) is 12.3. The SMILES string of the molecule is CCN(CC)C(CNC(=O)CCn1nnc2ccccc2c1=O)c1ccccc1Cl. The van der Waals surface area contributed by atoms with Crippen LogP contribution >= 0.6 is 11.6 Å². The van der Waals surface area contributed by atoms with Crippen LogP contribution < -0.4 is 10.9 Å². The average molecular weight is 428 g/mol. The highest BCUT2D eigenvalue weighted by Crippen LogP contribution is 2.26. The van der Waals surface area contributed by atoms with E-state index in [0.29, 0.717) is 22.5 Å². The van der Waals surface area contributed by atoms with E-state index in [9.17, 15) is 9.59 Å². The summed E-state index contributed by atoms with van der Waals surface area (Å²) in [5.74, 6) is -0.152. The van der Waals surface area contributed by atoms with Gasteiger partial charge in [0.25, 0.3) is 5.56 Å². The Bertz CT molecular complexity index is 1060. The summed E-state index contributed by atoms with van der Waals surface area (Å²) in [6.45, 7) is 6.45. The summed E-state index contributed by atoms with van der Waals surface area (Å²) in [6, 6.07) is 14.7. The number of benzene rings is 2. The van der Waals surface area contributed by atoms with Crippen molar-refractivity contribution < 1.29 is 4.79 Å². The summed E-state index contributed by atoms with van der Waals surface area (Å²) in [4.78, 5) is 27.2. The van der Waals surface area contributed by atoms with Crippen molar-refractivity contribution >= 4 is 28.4 Å². The molecule has 158 valence electrons. The van der Waals surface area contributed by atoms with Crippen LogP contribution in [0.3, 0.4) is 0 Å². The van der Waals surface area contributed by atoms with Crippen LogP contribution in [0.4, 0.5) is 0 Å². The van der Waals surface area contributed by atoms with E-state index in [4.69, 9.17) is 11.6 Å². The smallest absolute Gasteiger partial charge is 0.277 e. The lowest BCUT2D eigenvalue weighted by atomic mass is 10.0. The Hall–Kier alpha value is -2.77. The molecule has 0 aliphatic carbocycles. The number of halogens is 1. The van der Waals surface area contributed by atoms with Gasteiger partial charge in [-0.3, -0.25) is 14.5 Å². The Morgan fingerprint density at radius 1 is 1.13 bits per heavy atom. The predicted molar refractivity (Wildman–Crippen MR) is 119 cm³/mol.